The molecule has 8 heteroatoms. The minimum Gasteiger partial charge on any atom is -0.326 e. The zero-order chi connectivity index (χ0) is 18.3. The first-order chi connectivity index (χ1) is 12.5. The number of thiophene rings is 1. The average Bonchev–Trinajstić information content (AvgIpc) is 3.24. The lowest BCUT2D eigenvalue weighted by Crippen LogP contribution is -2.19. The van der Waals surface area contributed by atoms with Gasteiger partial charge < -0.3 is 5.32 Å². The molecule has 1 N–H and O–H groups in total. The Hall–Kier alpha value is -3.00. The molecule has 0 bridgehead atoms. The van der Waals surface area contributed by atoms with E-state index in [-0.39, 0.29) is 17.9 Å². The smallest absolute Gasteiger partial charge is 0.272 e. The van der Waals surface area contributed by atoms with E-state index in [2.05, 4.69) is 15.5 Å². The summed E-state index contributed by atoms with van der Waals surface area (Å²) in [6, 6.07) is 9.56. The highest BCUT2D eigenvalue weighted by Crippen LogP contribution is 2.20. The van der Waals surface area contributed by atoms with Crippen LogP contribution in [-0.4, -0.2) is 25.1 Å². The second-order valence-corrected chi connectivity index (χ2v) is 7.08. The fourth-order valence-corrected chi connectivity index (χ4v) is 3.84. The normalized spacial score (nSPS) is 11.3. The van der Waals surface area contributed by atoms with Crippen molar-refractivity contribution in [2.75, 3.05) is 5.32 Å². The molecule has 0 aliphatic heterocycles. The standard InChI is InChI=1S/C18H17N5O2S/c1-11-4-3-5-12(10-11)19-15(24)7-6-14-20-21-18-22(2)17(25)16-13(23(14)18)8-9-26-16/h3-5,8-10H,6-7H2,1-2H3,(H,19,24). The van der Waals surface area contributed by atoms with Crippen LogP contribution in [0.4, 0.5) is 5.69 Å². The van der Waals surface area contributed by atoms with Gasteiger partial charge >= 0.3 is 0 Å². The van der Waals surface area contributed by atoms with Gasteiger partial charge in [-0.1, -0.05) is 12.1 Å². The molecule has 132 valence electrons. The number of hydrogen-bond donors (Lipinski definition) is 1. The quantitative estimate of drug-likeness (QED) is 0.601. The zero-order valence-corrected chi connectivity index (χ0v) is 15.2. The third kappa shape index (κ3) is 2.78. The van der Waals surface area contributed by atoms with Gasteiger partial charge in [-0.25, -0.2) is 0 Å². The molecule has 0 radical (unpaired) electrons. The van der Waals surface area contributed by atoms with Gasteiger partial charge in [0.05, 0.1) is 5.52 Å². The molecular formula is C18H17N5O2S. The van der Waals surface area contributed by atoms with Gasteiger partial charge in [-0.15, -0.1) is 21.5 Å². The van der Waals surface area contributed by atoms with E-state index in [1.165, 1.54) is 15.9 Å². The second-order valence-electron chi connectivity index (χ2n) is 6.17. The van der Waals surface area contributed by atoms with Gasteiger partial charge in [-0.05, 0) is 36.1 Å². The Morgan fingerprint density at radius 2 is 2.12 bits per heavy atom. The van der Waals surface area contributed by atoms with E-state index in [1.807, 2.05) is 47.0 Å². The molecular weight excluding hydrogens is 350 g/mol. The molecule has 0 unspecified atom stereocenters. The van der Waals surface area contributed by atoms with Gasteiger partial charge in [0.1, 0.15) is 10.5 Å². The average molecular weight is 367 g/mol. The van der Waals surface area contributed by atoms with Gasteiger partial charge in [0.25, 0.3) is 5.56 Å². The first kappa shape index (κ1) is 16.5. The summed E-state index contributed by atoms with van der Waals surface area (Å²) >= 11 is 1.39. The van der Waals surface area contributed by atoms with E-state index in [0.717, 1.165) is 16.8 Å². The lowest BCUT2D eigenvalue weighted by molar-refractivity contribution is -0.116. The number of carbonyl (C=O) groups is 1. The molecule has 26 heavy (non-hydrogen) atoms. The molecule has 0 saturated heterocycles. The number of hydrogen-bond acceptors (Lipinski definition) is 5. The maximum Gasteiger partial charge on any atom is 0.272 e. The first-order valence-electron chi connectivity index (χ1n) is 8.21. The van der Waals surface area contributed by atoms with E-state index < -0.39 is 0 Å². The lowest BCUT2D eigenvalue weighted by atomic mass is 10.2. The van der Waals surface area contributed by atoms with Gasteiger partial charge in [0, 0.05) is 25.6 Å². The fraction of sp³-hybridized carbons (Fsp3) is 0.222. The van der Waals surface area contributed by atoms with Gasteiger partial charge in [0.15, 0.2) is 0 Å². The van der Waals surface area contributed by atoms with E-state index in [0.29, 0.717) is 22.7 Å². The number of carbonyl (C=O) groups excluding carboxylic acids is 1. The molecule has 0 fully saturated rings. The van der Waals surface area contributed by atoms with Crippen LogP contribution in [0.2, 0.25) is 0 Å². The van der Waals surface area contributed by atoms with Crippen LogP contribution in [0.1, 0.15) is 17.8 Å². The van der Waals surface area contributed by atoms with Crippen molar-refractivity contribution in [3.8, 4) is 0 Å². The molecule has 1 amide bonds. The second kappa shape index (κ2) is 6.38. The van der Waals surface area contributed by atoms with Crippen molar-refractivity contribution in [1.82, 2.24) is 19.2 Å². The third-order valence-corrected chi connectivity index (χ3v) is 5.17. The Labute approximate surface area is 152 Å². The predicted octanol–water partition coefficient (Wildman–Crippen LogP) is 2.52. The van der Waals surface area contributed by atoms with Crippen molar-refractivity contribution in [3.05, 3.63) is 57.5 Å². The number of aryl methyl sites for hydroxylation is 3. The van der Waals surface area contributed by atoms with Gasteiger partial charge in [-0.3, -0.25) is 18.6 Å². The van der Waals surface area contributed by atoms with Gasteiger partial charge in [0.2, 0.25) is 11.7 Å². The summed E-state index contributed by atoms with van der Waals surface area (Å²) in [6.07, 6.45) is 0.713. The number of aromatic nitrogens is 4. The van der Waals surface area contributed by atoms with Crippen LogP contribution in [-0.2, 0) is 18.3 Å². The van der Waals surface area contributed by atoms with Crippen molar-refractivity contribution in [3.63, 3.8) is 0 Å². The monoisotopic (exact) mass is 367 g/mol. The fourth-order valence-electron chi connectivity index (χ4n) is 2.99. The number of nitrogens with zero attached hydrogens (tertiary/aromatic N) is 4. The Morgan fingerprint density at radius 1 is 1.27 bits per heavy atom. The summed E-state index contributed by atoms with van der Waals surface area (Å²) in [5.41, 5.74) is 2.57. The number of rotatable bonds is 4. The predicted molar refractivity (Wildman–Crippen MR) is 102 cm³/mol. The maximum atomic E-state index is 12.3. The third-order valence-electron chi connectivity index (χ3n) is 4.27. The maximum absolute atomic E-state index is 12.3. The van der Waals surface area contributed by atoms with Crippen LogP contribution in [0, 0.1) is 6.92 Å². The van der Waals surface area contributed by atoms with E-state index >= 15 is 0 Å². The number of benzene rings is 1. The van der Waals surface area contributed by atoms with Gasteiger partial charge in [-0.2, -0.15) is 0 Å². The van der Waals surface area contributed by atoms with Crippen molar-refractivity contribution >= 4 is 38.9 Å². The Bertz CT molecular complexity index is 1190. The van der Waals surface area contributed by atoms with E-state index in [1.54, 1.807) is 7.05 Å². The molecule has 0 aliphatic carbocycles. The highest BCUT2D eigenvalue weighted by molar-refractivity contribution is 7.17. The molecule has 7 nitrogen and oxygen atoms in total. The first-order valence-corrected chi connectivity index (χ1v) is 9.09. The zero-order valence-electron chi connectivity index (χ0n) is 14.4. The Balaban J connectivity index is 1.60. The van der Waals surface area contributed by atoms with Crippen molar-refractivity contribution < 1.29 is 4.79 Å². The van der Waals surface area contributed by atoms with E-state index in [9.17, 15) is 9.59 Å². The summed E-state index contributed by atoms with van der Waals surface area (Å²) in [6.45, 7) is 1.98. The van der Waals surface area contributed by atoms with Crippen molar-refractivity contribution in [2.24, 2.45) is 7.05 Å². The molecule has 0 aliphatic rings. The van der Waals surface area contributed by atoms with Crippen molar-refractivity contribution in [1.29, 1.82) is 0 Å². The van der Waals surface area contributed by atoms with Crippen LogP contribution in [0.5, 0.6) is 0 Å². The molecule has 0 atom stereocenters. The molecule has 0 spiro atoms. The number of anilines is 1. The Morgan fingerprint density at radius 3 is 2.92 bits per heavy atom. The number of amides is 1. The number of nitrogens with one attached hydrogen (secondary N) is 1. The highest BCUT2D eigenvalue weighted by atomic mass is 32.1. The minimum atomic E-state index is -0.0846. The molecule has 0 saturated carbocycles. The molecule has 4 rings (SSSR count). The summed E-state index contributed by atoms with van der Waals surface area (Å²) in [5, 5.41) is 13.1. The summed E-state index contributed by atoms with van der Waals surface area (Å²) in [4.78, 5) is 24.6. The van der Waals surface area contributed by atoms with Crippen LogP contribution < -0.4 is 10.9 Å². The largest absolute Gasteiger partial charge is 0.326 e. The number of fused-ring (bicyclic) bond motifs is 3. The topological polar surface area (TPSA) is 81.3 Å². The summed E-state index contributed by atoms with van der Waals surface area (Å²) in [7, 11) is 1.68. The van der Waals surface area contributed by atoms with Crippen molar-refractivity contribution in [2.45, 2.75) is 19.8 Å². The Kier molecular flexibility index (Phi) is 4.04. The van der Waals surface area contributed by atoms with Crippen LogP contribution in [0.3, 0.4) is 0 Å². The highest BCUT2D eigenvalue weighted by Gasteiger charge is 2.16. The molecule has 3 aromatic heterocycles. The SMILES string of the molecule is Cc1cccc(NC(=O)CCc2nnc3n(C)c(=O)c4sccc4n23)c1. The minimum absolute atomic E-state index is 0.0845. The summed E-state index contributed by atoms with van der Waals surface area (Å²) < 4.78 is 4.00. The lowest BCUT2D eigenvalue weighted by Gasteiger charge is -2.07. The van der Waals surface area contributed by atoms with Crippen LogP contribution >= 0.6 is 11.3 Å². The van der Waals surface area contributed by atoms with E-state index in [4.69, 9.17) is 0 Å². The molecule has 3 heterocycles. The van der Waals surface area contributed by atoms with Crippen LogP contribution in [0.15, 0.2) is 40.5 Å². The summed E-state index contributed by atoms with van der Waals surface area (Å²) in [5.74, 6) is 1.06. The molecule has 1 aromatic carbocycles. The van der Waals surface area contributed by atoms with Crippen LogP contribution in [0.25, 0.3) is 16.0 Å². The molecule has 4 aromatic rings.